The molecule has 1 aromatic carbocycles. The topological polar surface area (TPSA) is 43.3 Å². The third-order valence-corrected chi connectivity index (χ3v) is 5.98. The number of aliphatic imine (C=N–C) groups is 1. The van der Waals surface area contributed by atoms with Gasteiger partial charge in [0.15, 0.2) is 5.96 Å². The highest BCUT2D eigenvalue weighted by atomic mass is 127. The Morgan fingerprint density at radius 2 is 1.97 bits per heavy atom. The Labute approximate surface area is 197 Å². The molecule has 1 aromatic rings. The van der Waals surface area contributed by atoms with Gasteiger partial charge in [-0.1, -0.05) is 13.0 Å². The molecular formula is C22H37FIN5O. The van der Waals surface area contributed by atoms with E-state index in [9.17, 15) is 4.39 Å². The zero-order valence-electron chi connectivity index (χ0n) is 18.6. The Kier molecular flexibility index (Phi) is 10.6. The maximum absolute atomic E-state index is 14.8. The van der Waals surface area contributed by atoms with Gasteiger partial charge < -0.3 is 24.8 Å². The van der Waals surface area contributed by atoms with Crippen LogP contribution in [-0.4, -0.2) is 81.8 Å². The molecule has 0 aliphatic carbocycles. The highest BCUT2D eigenvalue weighted by molar-refractivity contribution is 14.0. The summed E-state index contributed by atoms with van der Waals surface area (Å²) in [4.78, 5) is 11.2. The number of hydrogen-bond acceptors (Lipinski definition) is 4. The highest BCUT2D eigenvalue weighted by Crippen LogP contribution is 2.22. The van der Waals surface area contributed by atoms with Crippen LogP contribution in [0.15, 0.2) is 23.2 Å². The van der Waals surface area contributed by atoms with Crippen LogP contribution in [0, 0.1) is 11.7 Å². The van der Waals surface area contributed by atoms with Crippen LogP contribution in [0.2, 0.25) is 0 Å². The van der Waals surface area contributed by atoms with E-state index in [0.717, 1.165) is 77.0 Å². The average molecular weight is 533 g/mol. The first-order valence-electron chi connectivity index (χ1n) is 10.9. The van der Waals surface area contributed by atoms with E-state index in [1.165, 1.54) is 0 Å². The number of rotatable bonds is 7. The summed E-state index contributed by atoms with van der Waals surface area (Å²) in [7, 11) is 1.80. The Hall–Kier alpha value is -1.13. The van der Waals surface area contributed by atoms with Crippen LogP contribution in [0.25, 0.3) is 0 Å². The summed E-state index contributed by atoms with van der Waals surface area (Å²) in [5, 5.41) is 3.39. The minimum absolute atomic E-state index is 0. The second-order valence-corrected chi connectivity index (χ2v) is 7.87. The second kappa shape index (κ2) is 12.7. The molecule has 1 atom stereocenters. The molecule has 0 amide bonds. The predicted molar refractivity (Wildman–Crippen MR) is 133 cm³/mol. The number of anilines is 1. The van der Waals surface area contributed by atoms with Crippen molar-refractivity contribution in [1.82, 2.24) is 15.1 Å². The summed E-state index contributed by atoms with van der Waals surface area (Å²) in [6.45, 7) is 13.1. The van der Waals surface area contributed by atoms with Gasteiger partial charge in [0, 0.05) is 65.4 Å². The molecule has 2 heterocycles. The molecule has 6 nitrogen and oxygen atoms in total. The van der Waals surface area contributed by atoms with E-state index >= 15 is 0 Å². The quantitative estimate of drug-likeness (QED) is 0.332. The number of benzene rings is 1. The van der Waals surface area contributed by atoms with Gasteiger partial charge in [0.25, 0.3) is 0 Å². The minimum Gasteiger partial charge on any atom is -0.381 e. The van der Waals surface area contributed by atoms with Gasteiger partial charge in [0.1, 0.15) is 5.82 Å². The number of likely N-dealkylation sites (N-methyl/N-ethyl adjacent to an activating group) is 1. The molecule has 2 saturated heterocycles. The number of halogens is 2. The van der Waals surface area contributed by atoms with Crippen molar-refractivity contribution >= 4 is 35.6 Å². The van der Waals surface area contributed by atoms with E-state index in [1.807, 2.05) is 19.1 Å². The molecule has 8 heteroatoms. The highest BCUT2D eigenvalue weighted by Gasteiger charge is 2.25. The van der Waals surface area contributed by atoms with Crippen LogP contribution < -0.4 is 10.2 Å². The molecule has 3 rings (SSSR count). The third kappa shape index (κ3) is 6.68. The van der Waals surface area contributed by atoms with Gasteiger partial charge in [0.2, 0.25) is 0 Å². The standard InChI is InChI=1S/C22H36FN5O.HI/c1-4-26-10-12-27(13-11-26)21-7-6-18(14-20(21)23)15-25-22(24-3)28-9-8-19(16-28)17-29-5-2;/h6-7,14,19H,4-5,8-13,15-17H2,1-3H3,(H,24,25);1H. The number of piperazine rings is 1. The van der Waals surface area contributed by atoms with E-state index in [2.05, 4.69) is 31.9 Å². The number of nitrogens with one attached hydrogen (secondary N) is 1. The first-order valence-corrected chi connectivity index (χ1v) is 10.9. The van der Waals surface area contributed by atoms with Crippen LogP contribution in [0.1, 0.15) is 25.8 Å². The minimum atomic E-state index is -0.137. The summed E-state index contributed by atoms with van der Waals surface area (Å²) in [5.41, 5.74) is 1.65. The SMILES string of the molecule is CCOCC1CCN(C(=NC)NCc2ccc(N3CCN(CC)CC3)c(F)c2)C1.I. The molecule has 1 N–H and O–H groups in total. The van der Waals surface area contributed by atoms with Crippen LogP contribution >= 0.6 is 24.0 Å². The first kappa shape index (κ1) is 25.1. The van der Waals surface area contributed by atoms with Crippen molar-refractivity contribution in [2.45, 2.75) is 26.8 Å². The number of nitrogens with zero attached hydrogens (tertiary/aromatic N) is 4. The van der Waals surface area contributed by atoms with E-state index in [0.29, 0.717) is 18.2 Å². The maximum Gasteiger partial charge on any atom is 0.193 e. The van der Waals surface area contributed by atoms with Crippen LogP contribution in [0.4, 0.5) is 10.1 Å². The fourth-order valence-electron chi connectivity index (χ4n) is 4.18. The van der Waals surface area contributed by atoms with Crippen LogP contribution in [0.3, 0.4) is 0 Å². The molecule has 2 fully saturated rings. The van der Waals surface area contributed by atoms with Gasteiger partial charge in [0.05, 0.1) is 12.3 Å². The smallest absolute Gasteiger partial charge is 0.193 e. The predicted octanol–water partition coefficient (Wildman–Crippen LogP) is 3.02. The molecule has 0 aromatic heterocycles. The van der Waals surface area contributed by atoms with Gasteiger partial charge in [-0.3, -0.25) is 4.99 Å². The summed E-state index contributed by atoms with van der Waals surface area (Å²) >= 11 is 0. The van der Waals surface area contributed by atoms with Crippen molar-refractivity contribution in [1.29, 1.82) is 0 Å². The van der Waals surface area contributed by atoms with Crippen LogP contribution in [-0.2, 0) is 11.3 Å². The lowest BCUT2D eigenvalue weighted by Gasteiger charge is -2.35. The fourth-order valence-corrected chi connectivity index (χ4v) is 4.18. The maximum atomic E-state index is 14.8. The number of guanidine groups is 1. The largest absolute Gasteiger partial charge is 0.381 e. The summed E-state index contributed by atoms with van der Waals surface area (Å²) < 4.78 is 20.3. The van der Waals surface area contributed by atoms with Gasteiger partial charge >= 0.3 is 0 Å². The lowest BCUT2D eigenvalue weighted by Crippen LogP contribution is -2.46. The van der Waals surface area contributed by atoms with Crippen molar-refractivity contribution in [2.75, 3.05) is 71.0 Å². The lowest BCUT2D eigenvalue weighted by molar-refractivity contribution is 0.114. The van der Waals surface area contributed by atoms with Crippen molar-refractivity contribution in [3.05, 3.63) is 29.6 Å². The zero-order chi connectivity index (χ0) is 20.6. The number of hydrogen-bond donors (Lipinski definition) is 1. The molecule has 2 aliphatic rings. The van der Waals surface area contributed by atoms with E-state index in [1.54, 1.807) is 13.1 Å². The Morgan fingerprint density at radius 3 is 2.60 bits per heavy atom. The Morgan fingerprint density at radius 1 is 1.20 bits per heavy atom. The second-order valence-electron chi connectivity index (χ2n) is 7.87. The number of likely N-dealkylation sites (tertiary alicyclic amines) is 1. The van der Waals surface area contributed by atoms with Gasteiger partial charge in [-0.2, -0.15) is 0 Å². The Balaban J connectivity index is 0.00000320. The van der Waals surface area contributed by atoms with Crippen LogP contribution in [0.5, 0.6) is 0 Å². The van der Waals surface area contributed by atoms with Crippen molar-refractivity contribution in [3.8, 4) is 0 Å². The third-order valence-electron chi connectivity index (χ3n) is 5.98. The number of ether oxygens (including phenoxy) is 1. The van der Waals surface area contributed by atoms with Gasteiger partial charge in [-0.15, -0.1) is 24.0 Å². The van der Waals surface area contributed by atoms with E-state index < -0.39 is 0 Å². The summed E-state index contributed by atoms with van der Waals surface area (Å²) in [6.07, 6.45) is 1.12. The molecule has 170 valence electrons. The zero-order valence-corrected chi connectivity index (χ0v) is 20.9. The summed E-state index contributed by atoms with van der Waals surface area (Å²) in [6, 6.07) is 5.60. The molecule has 0 spiro atoms. The van der Waals surface area contributed by atoms with Gasteiger partial charge in [-0.05, 0) is 37.6 Å². The average Bonchev–Trinajstić information content (AvgIpc) is 3.22. The van der Waals surface area contributed by atoms with Crippen molar-refractivity contribution < 1.29 is 9.13 Å². The van der Waals surface area contributed by atoms with E-state index in [-0.39, 0.29) is 29.8 Å². The van der Waals surface area contributed by atoms with Crippen molar-refractivity contribution in [3.63, 3.8) is 0 Å². The molecule has 30 heavy (non-hydrogen) atoms. The molecule has 0 saturated carbocycles. The molecule has 0 radical (unpaired) electrons. The molecular weight excluding hydrogens is 496 g/mol. The fraction of sp³-hybridized carbons (Fsp3) is 0.682. The van der Waals surface area contributed by atoms with Crippen molar-refractivity contribution in [2.24, 2.45) is 10.9 Å². The Bertz CT molecular complexity index is 681. The van der Waals surface area contributed by atoms with Gasteiger partial charge in [-0.25, -0.2) is 4.39 Å². The van der Waals surface area contributed by atoms with E-state index in [4.69, 9.17) is 4.74 Å². The summed E-state index contributed by atoms with van der Waals surface area (Å²) in [5.74, 6) is 1.30. The normalized spacial score (nSPS) is 20.4. The molecule has 2 aliphatic heterocycles. The molecule has 1 unspecified atom stereocenters. The molecule has 0 bridgehead atoms. The first-order chi connectivity index (χ1) is 14.1. The monoisotopic (exact) mass is 533 g/mol. The lowest BCUT2D eigenvalue weighted by atomic mass is 10.1.